The largest absolute Gasteiger partial charge is 0.352 e. The van der Waals surface area contributed by atoms with Crippen LogP contribution in [-0.2, 0) is 29.1 Å². The van der Waals surface area contributed by atoms with Gasteiger partial charge in [-0.2, -0.15) is 0 Å². The highest BCUT2D eigenvalue weighted by Gasteiger charge is 2.16. The van der Waals surface area contributed by atoms with Crippen molar-refractivity contribution in [1.82, 2.24) is 14.9 Å². The summed E-state index contributed by atoms with van der Waals surface area (Å²) in [5, 5.41) is 5.36. The number of fused-ring (bicyclic) bond motifs is 1. The Kier molecular flexibility index (Phi) is 7.30. The molecule has 3 aromatic carbocycles. The second kappa shape index (κ2) is 10.7. The van der Waals surface area contributed by atoms with Crippen LogP contribution < -0.4 is 16.2 Å². The maximum absolute atomic E-state index is 14.2. The fourth-order valence-corrected chi connectivity index (χ4v) is 3.74. The first kappa shape index (κ1) is 23.8. The number of rotatable bonds is 8. The van der Waals surface area contributed by atoms with E-state index in [1.54, 1.807) is 37.3 Å². The Hall–Kier alpha value is -4.33. The number of halogens is 1. The molecule has 0 saturated carbocycles. The molecule has 2 N–H and O–H groups in total. The van der Waals surface area contributed by atoms with E-state index in [1.807, 2.05) is 30.3 Å². The van der Waals surface area contributed by atoms with Crippen LogP contribution in [0.2, 0.25) is 0 Å². The van der Waals surface area contributed by atoms with Gasteiger partial charge < -0.3 is 10.6 Å². The zero-order valence-electron chi connectivity index (χ0n) is 19.3. The Morgan fingerprint density at radius 2 is 1.71 bits per heavy atom. The Balaban J connectivity index is 1.50. The van der Waals surface area contributed by atoms with Crippen molar-refractivity contribution in [3.63, 3.8) is 0 Å². The van der Waals surface area contributed by atoms with Crippen LogP contribution in [0.3, 0.4) is 0 Å². The minimum absolute atomic E-state index is 0.0438. The number of nitrogens with zero attached hydrogens (tertiary/aromatic N) is 2. The van der Waals surface area contributed by atoms with Crippen LogP contribution in [-0.4, -0.2) is 21.4 Å². The first-order chi connectivity index (χ1) is 16.9. The van der Waals surface area contributed by atoms with E-state index in [0.29, 0.717) is 17.6 Å². The van der Waals surface area contributed by atoms with E-state index in [1.165, 1.54) is 16.7 Å². The molecule has 178 valence electrons. The van der Waals surface area contributed by atoms with Crippen molar-refractivity contribution in [1.29, 1.82) is 0 Å². The summed E-state index contributed by atoms with van der Waals surface area (Å²) >= 11 is 0. The molecule has 0 aliphatic heterocycles. The van der Waals surface area contributed by atoms with Gasteiger partial charge in [0.2, 0.25) is 11.8 Å². The molecular weight excluding hydrogens is 447 g/mol. The van der Waals surface area contributed by atoms with Crippen LogP contribution >= 0.6 is 0 Å². The predicted molar refractivity (Wildman–Crippen MR) is 132 cm³/mol. The first-order valence-electron chi connectivity index (χ1n) is 11.3. The molecule has 1 aromatic heterocycles. The third kappa shape index (κ3) is 5.97. The topological polar surface area (TPSA) is 93.1 Å². The predicted octanol–water partition coefficient (Wildman–Crippen LogP) is 3.73. The van der Waals surface area contributed by atoms with Crippen LogP contribution in [0, 0.1) is 12.7 Å². The van der Waals surface area contributed by atoms with Crippen molar-refractivity contribution in [3.05, 3.63) is 106 Å². The van der Waals surface area contributed by atoms with Gasteiger partial charge in [-0.3, -0.25) is 19.0 Å². The lowest BCUT2D eigenvalue weighted by molar-refractivity contribution is -0.121. The third-order valence-corrected chi connectivity index (χ3v) is 5.54. The third-order valence-electron chi connectivity index (χ3n) is 5.54. The molecule has 4 aromatic rings. The minimum atomic E-state index is -0.549. The van der Waals surface area contributed by atoms with Crippen molar-refractivity contribution in [2.75, 3.05) is 5.32 Å². The van der Waals surface area contributed by atoms with Crippen LogP contribution in [0.15, 0.2) is 77.6 Å². The number of benzene rings is 3. The standard InChI is InChI=1S/C27H25FN4O3/c1-18-11-12-21(20(28)15-18)31-26(34)17-32-24-10-6-5-9-22(24)30-23(27(32)35)13-14-25(33)29-16-19-7-3-2-4-8-19/h2-12,15H,13-14,16-17H2,1H3,(H,29,33)(H,31,34). The van der Waals surface area contributed by atoms with Crippen LogP contribution in [0.4, 0.5) is 10.1 Å². The number of hydrogen-bond donors (Lipinski definition) is 2. The van der Waals surface area contributed by atoms with Crippen LogP contribution in [0.5, 0.6) is 0 Å². The Morgan fingerprint density at radius 1 is 0.971 bits per heavy atom. The molecule has 0 atom stereocenters. The number of nitrogens with one attached hydrogen (secondary N) is 2. The van der Waals surface area contributed by atoms with Gasteiger partial charge >= 0.3 is 0 Å². The van der Waals surface area contributed by atoms with E-state index >= 15 is 0 Å². The summed E-state index contributed by atoms with van der Waals surface area (Å²) in [6, 6.07) is 21.0. The Bertz CT molecular complexity index is 1430. The smallest absolute Gasteiger partial charge is 0.273 e. The molecule has 8 heteroatoms. The molecule has 0 unspecified atom stereocenters. The molecular formula is C27H25FN4O3. The molecule has 35 heavy (non-hydrogen) atoms. The molecule has 0 bridgehead atoms. The average Bonchev–Trinajstić information content (AvgIpc) is 2.86. The monoisotopic (exact) mass is 472 g/mol. The first-order valence-corrected chi connectivity index (χ1v) is 11.3. The molecule has 0 spiro atoms. The van der Waals surface area contributed by atoms with E-state index in [4.69, 9.17) is 0 Å². The molecule has 7 nitrogen and oxygen atoms in total. The summed E-state index contributed by atoms with van der Waals surface area (Å²) in [6.07, 6.45) is 0.201. The van der Waals surface area contributed by atoms with E-state index in [9.17, 15) is 18.8 Å². The lowest BCUT2D eigenvalue weighted by Gasteiger charge is -2.13. The van der Waals surface area contributed by atoms with E-state index in [2.05, 4.69) is 15.6 Å². The summed E-state index contributed by atoms with van der Waals surface area (Å²) in [6.45, 7) is 1.83. The lowest BCUT2D eigenvalue weighted by Crippen LogP contribution is -2.32. The highest BCUT2D eigenvalue weighted by molar-refractivity contribution is 5.91. The van der Waals surface area contributed by atoms with Crippen molar-refractivity contribution >= 4 is 28.5 Å². The van der Waals surface area contributed by atoms with Crippen molar-refractivity contribution in [2.45, 2.75) is 32.9 Å². The van der Waals surface area contributed by atoms with E-state index < -0.39 is 17.3 Å². The maximum atomic E-state index is 14.2. The normalized spacial score (nSPS) is 10.8. The minimum Gasteiger partial charge on any atom is -0.352 e. The van der Waals surface area contributed by atoms with Crippen molar-refractivity contribution in [2.24, 2.45) is 0 Å². The molecule has 4 rings (SSSR count). The fraction of sp³-hybridized carbons (Fsp3) is 0.185. The second-order valence-corrected chi connectivity index (χ2v) is 8.23. The van der Waals surface area contributed by atoms with Gasteiger partial charge in [0.25, 0.3) is 5.56 Å². The molecule has 1 heterocycles. The van der Waals surface area contributed by atoms with Gasteiger partial charge in [0.15, 0.2) is 0 Å². The molecule has 2 amide bonds. The Morgan fingerprint density at radius 3 is 2.49 bits per heavy atom. The molecule has 0 aliphatic rings. The number of aryl methyl sites for hydroxylation is 2. The van der Waals surface area contributed by atoms with Crippen LogP contribution in [0.1, 0.15) is 23.2 Å². The summed E-state index contributed by atoms with van der Waals surface area (Å²) in [5.74, 6) is -1.30. The van der Waals surface area contributed by atoms with Gasteiger partial charge in [-0.25, -0.2) is 9.37 Å². The Labute approximate surface area is 201 Å². The van der Waals surface area contributed by atoms with E-state index in [0.717, 1.165) is 11.1 Å². The number of amides is 2. The number of hydrogen-bond acceptors (Lipinski definition) is 4. The van der Waals surface area contributed by atoms with Crippen LogP contribution in [0.25, 0.3) is 11.0 Å². The van der Waals surface area contributed by atoms with Crippen molar-refractivity contribution < 1.29 is 14.0 Å². The zero-order valence-corrected chi connectivity index (χ0v) is 19.3. The molecule has 0 aliphatic carbocycles. The number of anilines is 1. The summed E-state index contributed by atoms with van der Waals surface area (Å²) in [7, 11) is 0. The molecule has 0 radical (unpaired) electrons. The van der Waals surface area contributed by atoms with Crippen molar-refractivity contribution in [3.8, 4) is 0 Å². The zero-order chi connectivity index (χ0) is 24.8. The van der Waals surface area contributed by atoms with Gasteiger partial charge in [0.1, 0.15) is 18.1 Å². The number of carbonyl (C=O) groups is 2. The average molecular weight is 473 g/mol. The maximum Gasteiger partial charge on any atom is 0.273 e. The van der Waals surface area contributed by atoms with Gasteiger partial charge in [0.05, 0.1) is 16.7 Å². The van der Waals surface area contributed by atoms with E-state index in [-0.39, 0.29) is 36.7 Å². The molecule has 0 fully saturated rings. The highest BCUT2D eigenvalue weighted by Crippen LogP contribution is 2.16. The van der Waals surface area contributed by atoms with Gasteiger partial charge in [-0.05, 0) is 42.3 Å². The highest BCUT2D eigenvalue weighted by atomic mass is 19.1. The van der Waals surface area contributed by atoms with Gasteiger partial charge in [0, 0.05) is 19.4 Å². The summed E-state index contributed by atoms with van der Waals surface area (Å²) in [4.78, 5) is 42.7. The second-order valence-electron chi connectivity index (χ2n) is 8.23. The number of carbonyl (C=O) groups excluding carboxylic acids is 2. The summed E-state index contributed by atoms with van der Waals surface area (Å²) in [5.41, 5.74) is 2.49. The SMILES string of the molecule is Cc1ccc(NC(=O)Cn2c(=O)c(CCC(=O)NCc3ccccc3)nc3ccccc32)c(F)c1. The number of para-hydroxylation sites is 2. The summed E-state index contributed by atoms with van der Waals surface area (Å²) < 4.78 is 15.5. The van der Waals surface area contributed by atoms with Gasteiger partial charge in [-0.1, -0.05) is 48.5 Å². The molecule has 0 saturated heterocycles. The fourth-order valence-electron chi connectivity index (χ4n) is 3.74. The number of aromatic nitrogens is 2. The quantitative estimate of drug-likeness (QED) is 0.409. The lowest BCUT2D eigenvalue weighted by atomic mass is 10.2. The van der Waals surface area contributed by atoms with Gasteiger partial charge in [-0.15, -0.1) is 0 Å².